The van der Waals surface area contributed by atoms with Crippen molar-refractivity contribution in [3.63, 3.8) is 0 Å². The van der Waals surface area contributed by atoms with E-state index >= 15 is 0 Å². The van der Waals surface area contributed by atoms with Crippen molar-refractivity contribution < 1.29 is 19.1 Å². The number of hydrogen-bond acceptors (Lipinski definition) is 6. The van der Waals surface area contributed by atoms with Gasteiger partial charge in [-0.15, -0.1) is 0 Å². The number of ether oxygens (including phenoxy) is 2. The van der Waals surface area contributed by atoms with E-state index in [9.17, 15) is 9.59 Å². The molecule has 1 unspecified atom stereocenters. The number of carbonyl (C=O) groups excluding carboxylic acids is 2. The fourth-order valence-corrected chi connectivity index (χ4v) is 4.62. The van der Waals surface area contributed by atoms with Gasteiger partial charge in [0.25, 0.3) is 0 Å². The number of carbonyl (C=O) groups is 2. The maximum absolute atomic E-state index is 12.6. The molecule has 8 heteroatoms. The molecule has 2 amide bonds. The Hall–Kier alpha value is -3.10. The molecule has 182 valence electrons. The van der Waals surface area contributed by atoms with Gasteiger partial charge in [0.05, 0.1) is 25.9 Å². The maximum Gasteiger partial charge on any atom is 0.313 e. The smallest absolute Gasteiger partial charge is 0.313 e. The lowest BCUT2D eigenvalue weighted by atomic mass is 9.95. The predicted octanol–water partition coefficient (Wildman–Crippen LogP) is 2.60. The highest BCUT2D eigenvalue weighted by Crippen LogP contribution is 2.31. The quantitative estimate of drug-likeness (QED) is 0.611. The highest BCUT2D eigenvalue weighted by molar-refractivity contribution is 6.39. The first-order valence-electron chi connectivity index (χ1n) is 12.0. The molecule has 1 fully saturated rings. The second-order valence-electron chi connectivity index (χ2n) is 8.70. The first kappa shape index (κ1) is 24.0. The second kappa shape index (κ2) is 11.4. The summed E-state index contributed by atoms with van der Waals surface area (Å²) in [5, 5.41) is 5.50. The van der Waals surface area contributed by atoms with Crippen LogP contribution in [0.1, 0.15) is 30.5 Å². The molecule has 2 aromatic carbocycles. The summed E-state index contributed by atoms with van der Waals surface area (Å²) in [7, 11) is 2.13. The number of benzene rings is 2. The number of morpholine rings is 1. The molecule has 4 rings (SSSR count). The SMILES string of the molecule is CCOc1ccc(NC(=O)C(=O)NCC(c2ccc3c(c2)CCCN3C)N2CCOCC2)cc1. The van der Waals surface area contributed by atoms with Crippen molar-refractivity contribution in [2.45, 2.75) is 25.8 Å². The van der Waals surface area contributed by atoms with Crippen LogP contribution in [0.15, 0.2) is 42.5 Å². The Morgan fingerprint density at radius 1 is 1.06 bits per heavy atom. The first-order chi connectivity index (χ1) is 16.5. The van der Waals surface area contributed by atoms with E-state index in [1.807, 2.05) is 6.92 Å². The van der Waals surface area contributed by atoms with Crippen LogP contribution in [0.5, 0.6) is 5.75 Å². The van der Waals surface area contributed by atoms with Crippen LogP contribution in [0.3, 0.4) is 0 Å². The van der Waals surface area contributed by atoms with E-state index in [4.69, 9.17) is 9.47 Å². The summed E-state index contributed by atoms with van der Waals surface area (Å²) in [6, 6.07) is 13.5. The number of rotatable bonds is 7. The van der Waals surface area contributed by atoms with Gasteiger partial charge < -0.3 is 25.0 Å². The van der Waals surface area contributed by atoms with Crippen molar-refractivity contribution in [3.05, 3.63) is 53.6 Å². The largest absolute Gasteiger partial charge is 0.494 e. The molecule has 2 heterocycles. The number of fused-ring (bicyclic) bond motifs is 1. The average Bonchev–Trinajstić information content (AvgIpc) is 2.86. The molecule has 2 aromatic rings. The standard InChI is InChI=1S/C26H34N4O4/c1-3-34-22-9-7-21(8-10-22)28-26(32)25(31)27-18-24(30-13-15-33-16-14-30)20-6-11-23-19(17-20)5-4-12-29(23)2/h6-11,17,24H,3-5,12-16,18H2,1-2H3,(H,27,31)(H,28,32). The topological polar surface area (TPSA) is 83.1 Å². The predicted molar refractivity (Wildman–Crippen MR) is 132 cm³/mol. The minimum atomic E-state index is -0.683. The molecule has 2 aliphatic rings. The fourth-order valence-electron chi connectivity index (χ4n) is 4.62. The zero-order chi connectivity index (χ0) is 23.9. The zero-order valence-corrected chi connectivity index (χ0v) is 20.0. The summed E-state index contributed by atoms with van der Waals surface area (Å²) in [4.78, 5) is 29.7. The lowest BCUT2D eigenvalue weighted by molar-refractivity contribution is -0.136. The first-order valence-corrected chi connectivity index (χ1v) is 12.0. The van der Waals surface area contributed by atoms with Crippen LogP contribution in [0, 0.1) is 0 Å². The van der Waals surface area contributed by atoms with Gasteiger partial charge in [0.15, 0.2) is 0 Å². The zero-order valence-electron chi connectivity index (χ0n) is 20.0. The average molecular weight is 467 g/mol. The van der Waals surface area contributed by atoms with Gasteiger partial charge in [-0.05, 0) is 61.2 Å². The summed E-state index contributed by atoms with van der Waals surface area (Å²) < 4.78 is 10.9. The molecule has 0 bridgehead atoms. The van der Waals surface area contributed by atoms with E-state index in [1.54, 1.807) is 24.3 Å². The van der Waals surface area contributed by atoms with E-state index in [0.717, 1.165) is 43.8 Å². The van der Waals surface area contributed by atoms with Crippen molar-refractivity contribution >= 4 is 23.2 Å². The van der Waals surface area contributed by atoms with Crippen LogP contribution in [-0.4, -0.2) is 69.8 Å². The van der Waals surface area contributed by atoms with Gasteiger partial charge in [-0.1, -0.05) is 12.1 Å². The van der Waals surface area contributed by atoms with Crippen molar-refractivity contribution in [2.24, 2.45) is 0 Å². The Balaban J connectivity index is 1.42. The van der Waals surface area contributed by atoms with E-state index in [2.05, 4.69) is 45.7 Å². The van der Waals surface area contributed by atoms with Crippen LogP contribution in [0.2, 0.25) is 0 Å². The monoisotopic (exact) mass is 466 g/mol. The number of hydrogen-bond donors (Lipinski definition) is 2. The van der Waals surface area contributed by atoms with Crippen molar-refractivity contribution in [3.8, 4) is 5.75 Å². The van der Waals surface area contributed by atoms with Gasteiger partial charge >= 0.3 is 11.8 Å². The maximum atomic E-state index is 12.6. The molecule has 0 aliphatic carbocycles. The van der Waals surface area contributed by atoms with Gasteiger partial charge in [0.1, 0.15) is 5.75 Å². The van der Waals surface area contributed by atoms with Crippen LogP contribution >= 0.6 is 0 Å². The third-order valence-corrected chi connectivity index (χ3v) is 6.41. The van der Waals surface area contributed by atoms with E-state index in [0.29, 0.717) is 32.1 Å². The van der Waals surface area contributed by atoms with Gasteiger partial charge in [-0.3, -0.25) is 14.5 Å². The molecular weight excluding hydrogens is 432 g/mol. The molecule has 0 spiro atoms. The molecule has 2 N–H and O–H groups in total. The van der Waals surface area contributed by atoms with Gasteiger partial charge in [-0.2, -0.15) is 0 Å². The summed E-state index contributed by atoms with van der Waals surface area (Å²) >= 11 is 0. The Kier molecular flexibility index (Phi) is 8.03. The highest BCUT2D eigenvalue weighted by atomic mass is 16.5. The second-order valence-corrected chi connectivity index (χ2v) is 8.70. The van der Waals surface area contributed by atoms with E-state index in [-0.39, 0.29) is 6.04 Å². The lowest BCUT2D eigenvalue weighted by Crippen LogP contribution is -2.45. The number of nitrogens with zero attached hydrogens (tertiary/aromatic N) is 2. The molecule has 2 aliphatic heterocycles. The number of aryl methyl sites for hydroxylation is 1. The van der Waals surface area contributed by atoms with Crippen molar-refractivity contribution in [1.82, 2.24) is 10.2 Å². The fraction of sp³-hybridized carbons (Fsp3) is 0.462. The minimum Gasteiger partial charge on any atom is -0.494 e. The molecule has 0 aromatic heterocycles. The minimum absolute atomic E-state index is 0.0244. The van der Waals surface area contributed by atoms with Gasteiger partial charge in [0.2, 0.25) is 0 Å². The Morgan fingerprint density at radius 2 is 1.82 bits per heavy atom. The molecule has 34 heavy (non-hydrogen) atoms. The van der Waals surface area contributed by atoms with Gasteiger partial charge in [-0.25, -0.2) is 0 Å². The summed E-state index contributed by atoms with van der Waals surface area (Å²) in [6.45, 7) is 6.80. The Labute approximate surface area is 201 Å². The van der Waals surface area contributed by atoms with Crippen molar-refractivity contribution in [1.29, 1.82) is 0 Å². The van der Waals surface area contributed by atoms with Crippen LogP contribution in [0.25, 0.3) is 0 Å². The number of nitrogens with one attached hydrogen (secondary N) is 2. The van der Waals surface area contributed by atoms with Crippen LogP contribution < -0.4 is 20.3 Å². The summed E-state index contributed by atoms with van der Waals surface area (Å²) in [6.07, 6.45) is 2.19. The highest BCUT2D eigenvalue weighted by Gasteiger charge is 2.26. The Bertz CT molecular complexity index is 989. The molecule has 1 saturated heterocycles. The number of anilines is 2. The summed E-state index contributed by atoms with van der Waals surface area (Å²) in [5.74, 6) is -0.615. The molecule has 0 radical (unpaired) electrons. The van der Waals surface area contributed by atoms with E-state index in [1.165, 1.54) is 11.3 Å². The third kappa shape index (κ3) is 5.87. The van der Waals surface area contributed by atoms with E-state index < -0.39 is 11.8 Å². The number of amides is 2. The van der Waals surface area contributed by atoms with Crippen molar-refractivity contribution in [2.75, 3.05) is 63.3 Å². The molecule has 8 nitrogen and oxygen atoms in total. The third-order valence-electron chi connectivity index (χ3n) is 6.41. The molecule has 0 saturated carbocycles. The molecule has 1 atom stereocenters. The van der Waals surface area contributed by atoms with Crippen LogP contribution in [-0.2, 0) is 20.7 Å². The molecular formula is C26H34N4O4. The Morgan fingerprint density at radius 3 is 2.56 bits per heavy atom. The normalized spacial score (nSPS) is 16.9. The van der Waals surface area contributed by atoms with Gasteiger partial charge in [0, 0.05) is 44.6 Å². The van der Waals surface area contributed by atoms with Crippen LogP contribution in [0.4, 0.5) is 11.4 Å². The summed E-state index contributed by atoms with van der Waals surface area (Å²) in [5.41, 5.74) is 4.31. The lowest BCUT2D eigenvalue weighted by Gasteiger charge is -2.36.